The molecule has 0 atom stereocenters. The van der Waals surface area contributed by atoms with Gasteiger partial charge in [-0.1, -0.05) is 13.8 Å². The zero-order valence-corrected chi connectivity index (χ0v) is 13.1. The fraction of sp³-hybridized carbons (Fsp3) is 0.562. The maximum atomic E-state index is 6.22. The van der Waals surface area contributed by atoms with Crippen LogP contribution >= 0.6 is 0 Å². The molecule has 3 rings (SSSR count). The zero-order chi connectivity index (χ0) is 15.2. The smallest absolute Gasteiger partial charge is 0.163 e. The van der Waals surface area contributed by atoms with Crippen molar-refractivity contribution in [3.63, 3.8) is 0 Å². The fourth-order valence-electron chi connectivity index (χ4n) is 2.69. The van der Waals surface area contributed by atoms with Gasteiger partial charge in [0.15, 0.2) is 11.5 Å². The molecule has 114 valence electrons. The van der Waals surface area contributed by atoms with Crippen molar-refractivity contribution in [1.29, 1.82) is 0 Å². The Morgan fingerprint density at radius 3 is 2.43 bits per heavy atom. The number of fused-ring (bicyclic) bond motifs is 2. The van der Waals surface area contributed by atoms with Crippen LogP contribution in [0.1, 0.15) is 39.4 Å². The lowest BCUT2D eigenvalue weighted by Gasteiger charge is -2.23. The molecule has 0 bridgehead atoms. The van der Waals surface area contributed by atoms with Crippen LogP contribution in [-0.4, -0.2) is 28.3 Å². The zero-order valence-electron chi connectivity index (χ0n) is 13.1. The molecule has 0 fully saturated rings. The van der Waals surface area contributed by atoms with Crippen molar-refractivity contribution >= 4 is 11.0 Å². The lowest BCUT2D eigenvalue weighted by atomic mass is 10.1. The summed E-state index contributed by atoms with van der Waals surface area (Å²) in [5, 5.41) is 0. The Labute approximate surface area is 125 Å². The van der Waals surface area contributed by atoms with Crippen molar-refractivity contribution in [2.24, 2.45) is 5.73 Å². The highest BCUT2D eigenvalue weighted by Gasteiger charge is 2.22. The second-order valence-electron chi connectivity index (χ2n) is 6.68. The molecule has 1 aliphatic heterocycles. The molecule has 2 heterocycles. The standard InChI is InChI=1S/C16H23N3O2/c1-10(2)15-18-11-7-13-14(21-6-5-20-13)8-12(11)19(15)9-16(3,4)17/h7-8,10H,5-6,9,17H2,1-4H3. The largest absolute Gasteiger partial charge is 0.486 e. The summed E-state index contributed by atoms with van der Waals surface area (Å²) in [6.07, 6.45) is 0. The van der Waals surface area contributed by atoms with Gasteiger partial charge in [0, 0.05) is 30.1 Å². The van der Waals surface area contributed by atoms with Crippen LogP contribution in [0.2, 0.25) is 0 Å². The van der Waals surface area contributed by atoms with Crippen LogP contribution in [0.3, 0.4) is 0 Å². The minimum Gasteiger partial charge on any atom is -0.486 e. The average Bonchev–Trinajstić information content (AvgIpc) is 2.72. The molecule has 2 N–H and O–H groups in total. The van der Waals surface area contributed by atoms with E-state index in [0.717, 1.165) is 34.9 Å². The Kier molecular flexibility index (Phi) is 3.32. The van der Waals surface area contributed by atoms with Gasteiger partial charge in [-0.25, -0.2) is 4.98 Å². The monoisotopic (exact) mass is 289 g/mol. The third-order valence-electron chi connectivity index (χ3n) is 3.52. The number of hydrogen-bond donors (Lipinski definition) is 1. The molecular weight excluding hydrogens is 266 g/mol. The van der Waals surface area contributed by atoms with Gasteiger partial charge in [-0.05, 0) is 13.8 Å². The van der Waals surface area contributed by atoms with Gasteiger partial charge < -0.3 is 19.8 Å². The van der Waals surface area contributed by atoms with E-state index in [1.54, 1.807) is 0 Å². The quantitative estimate of drug-likeness (QED) is 0.943. The highest BCUT2D eigenvalue weighted by atomic mass is 16.6. The Morgan fingerprint density at radius 2 is 1.86 bits per heavy atom. The number of ether oxygens (including phenoxy) is 2. The summed E-state index contributed by atoms with van der Waals surface area (Å²) in [5.74, 6) is 2.95. The van der Waals surface area contributed by atoms with E-state index in [4.69, 9.17) is 20.2 Å². The first-order valence-corrected chi connectivity index (χ1v) is 7.44. The third-order valence-corrected chi connectivity index (χ3v) is 3.52. The molecule has 1 aromatic carbocycles. The normalized spacial score (nSPS) is 15.0. The molecule has 5 heteroatoms. The Balaban J connectivity index is 2.19. The van der Waals surface area contributed by atoms with Crippen molar-refractivity contribution in [3.05, 3.63) is 18.0 Å². The molecule has 1 aromatic heterocycles. The minimum atomic E-state index is -0.301. The van der Waals surface area contributed by atoms with Gasteiger partial charge in [0.25, 0.3) is 0 Å². The summed E-state index contributed by atoms with van der Waals surface area (Å²) in [6, 6.07) is 3.99. The van der Waals surface area contributed by atoms with Crippen LogP contribution in [0, 0.1) is 0 Å². The average molecular weight is 289 g/mol. The van der Waals surface area contributed by atoms with E-state index in [-0.39, 0.29) is 5.54 Å². The van der Waals surface area contributed by atoms with E-state index in [1.807, 2.05) is 26.0 Å². The summed E-state index contributed by atoms with van der Waals surface area (Å²) >= 11 is 0. The Hall–Kier alpha value is -1.75. The topological polar surface area (TPSA) is 62.3 Å². The highest BCUT2D eigenvalue weighted by Crippen LogP contribution is 2.36. The van der Waals surface area contributed by atoms with Gasteiger partial charge in [0.1, 0.15) is 19.0 Å². The summed E-state index contributed by atoms with van der Waals surface area (Å²) in [6.45, 7) is 10.2. The van der Waals surface area contributed by atoms with Gasteiger partial charge in [-0.2, -0.15) is 0 Å². The van der Waals surface area contributed by atoms with E-state index in [1.165, 1.54) is 0 Å². The lowest BCUT2D eigenvalue weighted by molar-refractivity contribution is 0.172. The molecule has 21 heavy (non-hydrogen) atoms. The van der Waals surface area contributed by atoms with Crippen molar-refractivity contribution in [2.45, 2.75) is 45.7 Å². The Bertz CT molecular complexity index is 668. The predicted molar refractivity (Wildman–Crippen MR) is 83.1 cm³/mol. The number of benzene rings is 1. The number of imidazole rings is 1. The second kappa shape index (κ2) is 4.91. The second-order valence-corrected chi connectivity index (χ2v) is 6.68. The SMILES string of the molecule is CC(C)c1nc2cc3c(cc2n1CC(C)(C)N)OCCO3. The first kappa shape index (κ1) is 14.2. The summed E-state index contributed by atoms with van der Waals surface area (Å²) in [4.78, 5) is 4.78. The molecule has 0 radical (unpaired) electrons. The molecule has 2 aromatic rings. The number of nitrogens with zero attached hydrogens (tertiary/aromatic N) is 2. The fourth-order valence-corrected chi connectivity index (χ4v) is 2.69. The first-order valence-electron chi connectivity index (χ1n) is 7.44. The molecule has 0 amide bonds. The third kappa shape index (κ3) is 2.70. The Morgan fingerprint density at radius 1 is 1.24 bits per heavy atom. The molecule has 0 spiro atoms. The van der Waals surface area contributed by atoms with Crippen LogP contribution in [-0.2, 0) is 6.54 Å². The summed E-state index contributed by atoms with van der Waals surface area (Å²) in [5.41, 5.74) is 7.91. The van der Waals surface area contributed by atoms with Crippen LogP contribution < -0.4 is 15.2 Å². The van der Waals surface area contributed by atoms with Crippen LogP contribution in [0.4, 0.5) is 0 Å². The van der Waals surface area contributed by atoms with Gasteiger partial charge >= 0.3 is 0 Å². The van der Waals surface area contributed by atoms with Crippen molar-refractivity contribution in [3.8, 4) is 11.5 Å². The molecular formula is C16H23N3O2. The highest BCUT2D eigenvalue weighted by molar-refractivity contribution is 5.81. The maximum Gasteiger partial charge on any atom is 0.163 e. The number of rotatable bonds is 3. The molecule has 1 aliphatic rings. The van der Waals surface area contributed by atoms with Crippen LogP contribution in [0.15, 0.2) is 12.1 Å². The van der Waals surface area contributed by atoms with Crippen LogP contribution in [0.5, 0.6) is 11.5 Å². The summed E-state index contributed by atoms with van der Waals surface area (Å²) in [7, 11) is 0. The van der Waals surface area contributed by atoms with Gasteiger partial charge in [0.2, 0.25) is 0 Å². The number of nitrogens with two attached hydrogens (primary N) is 1. The van der Waals surface area contributed by atoms with Crippen molar-refractivity contribution in [2.75, 3.05) is 13.2 Å². The van der Waals surface area contributed by atoms with E-state index in [0.29, 0.717) is 19.1 Å². The lowest BCUT2D eigenvalue weighted by Crippen LogP contribution is -2.37. The van der Waals surface area contributed by atoms with E-state index in [2.05, 4.69) is 18.4 Å². The number of hydrogen-bond acceptors (Lipinski definition) is 4. The van der Waals surface area contributed by atoms with Crippen molar-refractivity contribution in [1.82, 2.24) is 9.55 Å². The minimum absolute atomic E-state index is 0.301. The molecule has 0 saturated carbocycles. The van der Waals surface area contributed by atoms with E-state index >= 15 is 0 Å². The van der Waals surface area contributed by atoms with Gasteiger partial charge in [-0.15, -0.1) is 0 Å². The van der Waals surface area contributed by atoms with E-state index < -0.39 is 0 Å². The summed E-state index contributed by atoms with van der Waals surface area (Å²) < 4.78 is 13.5. The van der Waals surface area contributed by atoms with E-state index in [9.17, 15) is 0 Å². The van der Waals surface area contributed by atoms with Gasteiger partial charge in [0.05, 0.1) is 11.0 Å². The maximum absolute atomic E-state index is 6.22. The predicted octanol–water partition coefficient (Wildman–Crippen LogP) is 2.67. The molecule has 5 nitrogen and oxygen atoms in total. The van der Waals surface area contributed by atoms with Gasteiger partial charge in [-0.3, -0.25) is 0 Å². The first-order chi connectivity index (χ1) is 9.85. The van der Waals surface area contributed by atoms with Crippen LogP contribution in [0.25, 0.3) is 11.0 Å². The molecule has 0 aliphatic carbocycles. The molecule has 0 saturated heterocycles. The molecule has 0 unspecified atom stereocenters. The van der Waals surface area contributed by atoms with Crippen molar-refractivity contribution < 1.29 is 9.47 Å². The number of aromatic nitrogens is 2.